The average molecular weight is 693 g/mol. The highest BCUT2D eigenvalue weighted by Gasteiger charge is 2.34. The summed E-state index contributed by atoms with van der Waals surface area (Å²) in [5.74, 6) is -1.63. The number of hydrogen-bond donors (Lipinski definition) is 5. The first-order valence-electron chi connectivity index (χ1n) is 16.9. The molecular formula is C35H56N4O10. The van der Waals surface area contributed by atoms with Crippen LogP contribution >= 0.6 is 0 Å². The summed E-state index contributed by atoms with van der Waals surface area (Å²) in [6.07, 6.45) is -0.495. The van der Waals surface area contributed by atoms with Gasteiger partial charge in [0.15, 0.2) is 0 Å². The number of carbonyl (C=O) groups is 5. The van der Waals surface area contributed by atoms with Crippen LogP contribution in [0.1, 0.15) is 86.6 Å². The fraction of sp³-hybridized carbons (Fsp3) is 0.686. The van der Waals surface area contributed by atoms with E-state index in [4.69, 9.17) is 14.2 Å². The largest absolute Gasteiger partial charge is 0.493 e. The number of nitrogens with one attached hydrogen (secondary N) is 3. The molecule has 0 saturated carbocycles. The summed E-state index contributed by atoms with van der Waals surface area (Å²) in [6, 6.07) is 3.37. The lowest BCUT2D eigenvalue weighted by Gasteiger charge is -2.30. The SMILES string of the molecule is CC(C)[C@H]1COCC(O)CCOc2ccc(cc2)C[C@@H](NC(=O)NC(CCCCN(C(=O)OC(C)(C)C)C(=O)C(C)(C)C)C(=O)O)C(=O)N1. The fourth-order valence-corrected chi connectivity index (χ4v) is 4.81. The van der Waals surface area contributed by atoms with E-state index in [0.29, 0.717) is 18.8 Å². The smallest absolute Gasteiger partial charge is 0.417 e. The molecule has 14 heteroatoms. The number of carboxylic acids is 1. The molecule has 2 bridgehead atoms. The van der Waals surface area contributed by atoms with E-state index >= 15 is 0 Å². The zero-order valence-electron chi connectivity index (χ0n) is 30.2. The van der Waals surface area contributed by atoms with E-state index < -0.39 is 65.2 Å². The second-order valence-electron chi connectivity index (χ2n) is 14.8. The molecule has 0 aromatic heterocycles. The normalized spacial score (nSPS) is 20.0. The van der Waals surface area contributed by atoms with Gasteiger partial charge < -0.3 is 40.4 Å². The Kier molecular flexibility index (Phi) is 15.8. The number of carbonyl (C=O) groups excluding carboxylic acids is 4. The maximum atomic E-state index is 13.5. The number of ether oxygens (including phenoxy) is 3. The van der Waals surface area contributed by atoms with Crippen LogP contribution in [0.25, 0.3) is 0 Å². The molecule has 0 saturated heterocycles. The second kappa shape index (κ2) is 18.7. The van der Waals surface area contributed by atoms with Crippen molar-refractivity contribution in [1.82, 2.24) is 20.9 Å². The third kappa shape index (κ3) is 15.0. The predicted octanol–water partition coefficient (Wildman–Crippen LogP) is 3.63. The van der Waals surface area contributed by atoms with Gasteiger partial charge in [-0.1, -0.05) is 46.8 Å². The maximum absolute atomic E-state index is 13.5. The van der Waals surface area contributed by atoms with Gasteiger partial charge in [0, 0.05) is 24.8 Å². The highest BCUT2D eigenvalue weighted by molar-refractivity contribution is 5.95. The van der Waals surface area contributed by atoms with Crippen LogP contribution in [-0.4, -0.2) is 101 Å². The monoisotopic (exact) mass is 692 g/mol. The molecule has 0 aliphatic carbocycles. The highest BCUT2D eigenvalue weighted by atomic mass is 16.6. The molecule has 2 heterocycles. The Hall–Kier alpha value is -3.91. The molecule has 2 aliphatic heterocycles. The number of fused-ring (bicyclic) bond motifs is 13. The summed E-state index contributed by atoms with van der Waals surface area (Å²) in [5, 5.41) is 28.1. The number of rotatable bonds is 9. The Labute approximate surface area is 289 Å². The number of carboxylic acid groups (broad SMARTS) is 1. The van der Waals surface area contributed by atoms with E-state index in [0.717, 1.165) is 10.5 Å². The van der Waals surface area contributed by atoms with E-state index in [2.05, 4.69) is 16.0 Å². The summed E-state index contributed by atoms with van der Waals surface area (Å²) >= 11 is 0. The summed E-state index contributed by atoms with van der Waals surface area (Å²) < 4.78 is 16.8. The first kappa shape index (κ1) is 41.3. The highest BCUT2D eigenvalue weighted by Crippen LogP contribution is 2.21. The Morgan fingerprint density at radius 1 is 1.04 bits per heavy atom. The lowest BCUT2D eigenvalue weighted by atomic mass is 9.94. The quantitative estimate of drug-likeness (QED) is 0.239. The number of hydrogen-bond acceptors (Lipinski definition) is 9. The van der Waals surface area contributed by atoms with Crippen LogP contribution < -0.4 is 20.7 Å². The number of nitrogens with zero attached hydrogens (tertiary/aromatic N) is 1. The van der Waals surface area contributed by atoms with Crippen molar-refractivity contribution in [2.45, 2.75) is 117 Å². The number of amides is 5. The molecule has 14 nitrogen and oxygen atoms in total. The van der Waals surface area contributed by atoms with Gasteiger partial charge in [-0.3, -0.25) is 9.59 Å². The van der Waals surface area contributed by atoms with Gasteiger partial charge in [-0.2, -0.15) is 0 Å². The minimum atomic E-state index is -1.30. The van der Waals surface area contributed by atoms with Crippen LogP contribution in [0, 0.1) is 11.3 Å². The fourth-order valence-electron chi connectivity index (χ4n) is 4.81. The van der Waals surface area contributed by atoms with Crippen LogP contribution in [0.15, 0.2) is 24.3 Å². The van der Waals surface area contributed by atoms with Gasteiger partial charge in [-0.15, -0.1) is 0 Å². The van der Waals surface area contributed by atoms with Crippen molar-refractivity contribution >= 4 is 29.9 Å². The minimum Gasteiger partial charge on any atom is -0.493 e. The van der Waals surface area contributed by atoms with Crippen LogP contribution in [-0.2, 0) is 30.3 Å². The third-order valence-electron chi connectivity index (χ3n) is 7.67. The van der Waals surface area contributed by atoms with Crippen molar-refractivity contribution in [1.29, 1.82) is 0 Å². The Morgan fingerprint density at radius 3 is 2.27 bits per heavy atom. The van der Waals surface area contributed by atoms with Crippen LogP contribution in [0.5, 0.6) is 5.75 Å². The standard InChI is InChI=1S/C35H56N4O10/c1-22(2)28-21-47-20-24(40)16-18-48-25-14-12-23(13-15-25)19-27(29(41)36-28)38-32(45)37-26(30(42)43)11-9-10-17-39(31(44)34(3,4)5)33(46)49-35(6,7)8/h12-15,22,24,26-28,40H,9-11,16-21H2,1-8H3,(H,36,41)(H,42,43)(H2,37,38,45)/t24?,26?,27-,28-/m1/s1. The van der Waals surface area contributed by atoms with Crippen LogP contribution in [0.4, 0.5) is 9.59 Å². The van der Waals surface area contributed by atoms with Crippen molar-refractivity contribution in [2.24, 2.45) is 11.3 Å². The van der Waals surface area contributed by atoms with E-state index in [-0.39, 0.29) is 51.4 Å². The number of aliphatic hydroxyl groups is 1. The van der Waals surface area contributed by atoms with Crippen LogP contribution in [0.2, 0.25) is 0 Å². The molecule has 1 aromatic carbocycles. The van der Waals surface area contributed by atoms with Gasteiger partial charge in [-0.25, -0.2) is 19.3 Å². The molecule has 3 rings (SSSR count). The maximum Gasteiger partial charge on any atom is 0.417 e. The number of unbranched alkanes of at least 4 members (excludes halogenated alkanes) is 1. The van der Waals surface area contributed by atoms with E-state index in [1.165, 1.54) is 0 Å². The summed E-state index contributed by atoms with van der Waals surface area (Å²) in [5.41, 5.74) is -0.935. The molecule has 0 radical (unpaired) electrons. The molecule has 5 N–H and O–H groups in total. The van der Waals surface area contributed by atoms with Gasteiger partial charge in [-0.05, 0) is 63.6 Å². The van der Waals surface area contributed by atoms with E-state index in [1.807, 2.05) is 13.8 Å². The Morgan fingerprint density at radius 2 is 1.69 bits per heavy atom. The topological polar surface area (TPSA) is 193 Å². The summed E-state index contributed by atoms with van der Waals surface area (Å²) in [6.45, 7) is 14.5. The van der Waals surface area contributed by atoms with Gasteiger partial charge in [0.25, 0.3) is 0 Å². The molecule has 2 unspecified atom stereocenters. The van der Waals surface area contributed by atoms with Gasteiger partial charge in [0.2, 0.25) is 11.8 Å². The van der Waals surface area contributed by atoms with Crippen molar-refractivity contribution < 1.29 is 48.4 Å². The van der Waals surface area contributed by atoms with Gasteiger partial charge >= 0.3 is 18.1 Å². The average Bonchev–Trinajstić information content (AvgIpc) is 2.98. The number of aliphatic hydroxyl groups excluding tert-OH is 1. The molecule has 49 heavy (non-hydrogen) atoms. The zero-order chi connectivity index (χ0) is 36.9. The number of imide groups is 1. The van der Waals surface area contributed by atoms with Crippen molar-refractivity contribution in [3.63, 3.8) is 0 Å². The van der Waals surface area contributed by atoms with Crippen LogP contribution in [0.3, 0.4) is 0 Å². The molecule has 0 spiro atoms. The number of benzene rings is 1. The lowest BCUT2D eigenvalue weighted by molar-refractivity contribution is -0.140. The van der Waals surface area contributed by atoms with Crippen molar-refractivity contribution in [2.75, 3.05) is 26.4 Å². The van der Waals surface area contributed by atoms with Gasteiger partial charge in [0.05, 0.1) is 32.0 Å². The molecule has 5 amide bonds. The third-order valence-corrected chi connectivity index (χ3v) is 7.67. The zero-order valence-corrected chi connectivity index (χ0v) is 30.2. The molecule has 1 aromatic rings. The summed E-state index contributed by atoms with van der Waals surface area (Å²) in [7, 11) is 0. The van der Waals surface area contributed by atoms with Crippen molar-refractivity contribution in [3.05, 3.63) is 29.8 Å². The number of aliphatic carboxylic acids is 1. The van der Waals surface area contributed by atoms with Gasteiger partial charge in [0.1, 0.15) is 23.4 Å². The molecule has 4 atom stereocenters. The summed E-state index contributed by atoms with van der Waals surface area (Å²) in [4.78, 5) is 65.6. The van der Waals surface area contributed by atoms with Crippen molar-refractivity contribution in [3.8, 4) is 5.75 Å². The first-order chi connectivity index (χ1) is 22.8. The molecule has 0 fully saturated rings. The van der Waals surface area contributed by atoms with E-state index in [9.17, 15) is 34.2 Å². The minimum absolute atomic E-state index is 0.00551. The Bertz CT molecular complexity index is 1260. The molecule has 276 valence electrons. The molecular weight excluding hydrogens is 636 g/mol. The first-order valence-corrected chi connectivity index (χ1v) is 16.9. The predicted molar refractivity (Wildman–Crippen MR) is 182 cm³/mol. The second-order valence-corrected chi connectivity index (χ2v) is 14.8. The molecule has 2 aliphatic rings. The van der Waals surface area contributed by atoms with E-state index in [1.54, 1.807) is 65.8 Å². The Balaban J connectivity index is 2.13. The lowest BCUT2D eigenvalue weighted by Crippen LogP contribution is -2.56. The number of urea groups is 1.